The van der Waals surface area contributed by atoms with Gasteiger partial charge in [0.25, 0.3) is 11.7 Å². The molecule has 0 saturated carbocycles. The Bertz CT molecular complexity index is 983. The van der Waals surface area contributed by atoms with Crippen molar-refractivity contribution in [2.24, 2.45) is 0 Å². The molecule has 1 amide bonds. The molecule has 33 heavy (non-hydrogen) atoms. The van der Waals surface area contributed by atoms with Crippen LogP contribution in [0.2, 0.25) is 0 Å². The smallest absolute Gasteiger partial charge is 0.295 e. The predicted molar refractivity (Wildman–Crippen MR) is 130 cm³/mol. The zero-order chi connectivity index (χ0) is 23.8. The van der Waals surface area contributed by atoms with Gasteiger partial charge in [-0.15, -0.1) is 0 Å². The standard InChI is InChI=1S/C27H34N2O4/c1-4-18-33-22-15-10-14-21(19-22)24-23(25(30)20-12-8-7-9-13-20)26(31)27(32)29(24)17-11-16-28(5-2)6-3/h7-10,12-15,19,24,30H,4-6,11,16-18H2,1-3H3/b25-23+. The molecular weight excluding hydrogens is 416 g/mol. The number of nitrogens with zero attached hydrogens (tertiary/aromatic N) is 2. The Morgan fingerprint density at radius 1 is 1.03 bits per heavy atom. The van der Waals surface area contributed by atoms with E-state index in [4.69, 9.17) is 4.74 Å². The predicted octanol–water partition coefficient (Wildman–Crippen LogP) is 4.63. The molecule has 2 aromatic rings. The highest BCUT2D eigenvalue weighted by Gasteiger charge is 2.45. The maximum Gasteiger partial charge on any atom is 0.295 e. The first kappa shape index (κ1) is 24.5. The second-order valence-corrected chi connectivity index (χ2v) is 8.16. The molecule has 1 fully saturated rings. The molecule has 1 saturated heterocycles. The number of ether oxygens (including phenoxy) is 1. The van der Waals surface area contributed by atoms with Gasteiger partial charge in [-0.1, -0.05) is 63.2 Å². The van der Waals surface area contributed by atoms with E-state index < -0.39 is 17.7 Å². The minimum Gasteiger partial charge on any atom is -0.507 e. The number of hydrogen-bond donors (Lipinski definition) is 1. The summed E-state index contributed by atoms with van der Waals surface area (Å²) in [5.74, 6) is -0.686. The van der Waals surface area contributed by atoms with E-state index >= 15 is 0 Å². The van der Waals surface area contributed by atoms with Gasteiger partial charge in [-0.3, -0.25) is 9.59 Å². The first-order chi connectivity index (χ1) is 16.0. The summed E-state index contributed by atoms with van der Waals surface area (Å²) in [5.41, 5.74) is 1.40. The Hall–Kier alpha value is -3.12. The normalized spacial score (nSPS) is 17.7. The Morgan fingerprint density at radius 2 is 1.76 bits per heavy atom. The maximum atomic E-state index is 13.1. The first-order valence-electron chi connectivity index (χ1n) is 11.8. The summed E-state index contributed by atoms with van der Waals surface area (Å²) >= 11 is 0. The van der Waals surface area contributed by atoms with E-state index in [9.17, 15) is 14.7 Å². The Kier molecular flexibility index (Phi) is 8.66. The van der Waals surface area contributed by atoms with E-state index in [1.165, 1.54) is 0 Å². The summed E-state index contributed by atoms with van der Waals surface area (Å²) in [4.78, 5) is 30.1. The van der Waals surface area contributed by atoms with Crippen molar-refractivity contribution < 1.29 is 19.4 Å². The van der Waals surface area contributed by atoms with Crippen LogP contribution in [0.4, 0.5) is 0 Å². The van der Waals surface area contributed by atoms with Gasteiger partial charge in [-0.05, 0) is 50.2 Å². The number of hydrogen-bond acceptors (Lipinski definition) is 5. The molecule has 1 heterocycles. The molecule has 6 nitrogen and oxygen atoms in total. The molecule has 2 aromatic carbocycles. The lowest BCUT2D eigenvalue weighted by Crippen LogP contribution is -2.33. The summed E-state index contributed by atoms with van der Waals surface area (Å²) in [5, 5.41) is 11.1. The molecule has 1 unspecified atom stereocenters. The van der Waals surface area contributed by atoms with Crippen LogP contribution in [0, 0.1) is 0 Å². The number of ketones is 1. The number of aliphatic hydroxyl groups excluding tert-OH is 1. The number of carbonyl (C=O) groups excluding carboxylic acids is 2. The number of aliphatic hydroxyl groups is 1. The second kappa shape index (κ2) is 11.7. The van der Waals surface area contributed by atoms with E-state index in [0.717, 1.165) is 38.0 Å². The van der Waals surface area contributed by atoms with Gasteiger partial charge in [-0.25, -0.2) is 0 Å². The van der Waals surface area contributed by atoms with Gasteiger partial charge < -0.3 is 19.6 Å². The lowest BCUT2D eigenvalue weighted by Gasteiger charge is -2.27. The minimum atomic E-state index is -0.660. The lowest BCUT2D eigenvalue weighted by atomic mass is 9.95. The van der Waals surface area contributed by atoms with Gasteiger partial charge in [0.05, 0.1) is 18.2 Å². The van der Waals surface area contributed by atoms with Crippen LogP contribution in [0.15, 0.2) is 60.2 Å². The fourth-order valence-corrected chi connectivity index (χ4v) is 4.21. The topological polar surface area (TPSA) is 70.1 Å². The van der Waals surface area contributed by atoms with E-state index in [1.807, 2.05) is 37.3 Å². The lowest BCUT2D eigenvalue weighted by molar-refractivity contribution is -0.140. The van der Waals surface area contributed by atoms with E-state index in [0.29, 0.717) is 24.5 Å². The summed E-state index contributed by atoms with van der Waals surface area (Å²) < 4.78 is 5.79. The van der Waals surface area contributed by atoms with Gasteiger partial charge in [0, 0.05) is 12.1 Å². The molecule has 6 heteroatoms. The van der Waals surface area contributed by atoms with Gasteiger partial charge in [0.1, 0.15) is 11.5 Å². The monoisotopic (exact) mass is 450 g/mol. The maximum absolute atomic E-state index is 13.1. The number of Topliss-reactive ketones (excluding diaryl/α,β-unsaturated/α-hetero) is 1. The molecule has 3 rings (SSSR count). The fourth-order valence-electron chi connectivity index (χ4n) is 4.21. The van der Waals surface area contributed by atoms with Crippen molar-refractivity contribution in [1.29, 1.82) is 0 Å². The minimum absolute atomic E-state index is 0.127. The van der Waals surface area contributed by atoms with Crippen molar-refractivity contribution in [1.82, 2.24) is 9.80 Å². The highest BCUT2D eigenvalue weighted by molar-refractivity contribution is 6.46. The van der Waals surface area contributed by atoms with Crippen LogP contribution >= 0.6 is 0 Å². The zero-order valence-corrected chi connectivity index (χ0v) is 19.8. The van der Waals surface area contributed by atoms with E-state index in [2.05, 4.69) is 18.7 Å². The highest BCUT2D eigenvalue weighted by atomic mass is 16.5. The Morgan fingerprint density at radius 3 is 2.42 bits per heavy atom. The average Bonchev–Trinajstić information content (AvgIpc) is 3.10. The van der Waals surface area contributed by atoms with Crippen LogP contribution < -0.4 is 4.74 Å². The van der Waals surface area contributed by atoms with Crippen molar-refractivity contribution in [3.8, 4) is 5.75 Å². The first-order valence-corrected chi connectivity index (χ1v) is 11.8. The third-order valence-electron chi connectivity index (χ3n) is 6.00. The fraction of sp³-hybridized carbons (Fsp3) is 0.407. The average molecular weight is 451 g/mol. The molecule has 1 aliphatic heterocycles. The molecule has 0 spiro atoms. The third kappa shape index (κ3) is 5.63. The highest BCUT2D eigenvalue weighted by Crippen LogP contribution is 2.40. The zero-order valence-electron chi connectivity index (χ0n) is 19.8. The van der Waals surface area contributed by atoms with Crippen molar-refractivity contribution in [3.05, 3.63) is 71.3 Å². The molecule has 176 valence electrons. The van der Waals surface area contributed by atoms with Crippen LogP contribution in [-0.4, -0.2) is 59.4 Å². The van der Waals surface area contributed by atoms with E-state index in [1.54, 1.807) is 29.2 Å². The summed E-state index contributed by atoms with van der Waals surface area (Å²) in [6, 6.07) is 15.7. The molecule has 0 bridgehead atoms. The summed E-state index contributed by atoms with van der Waals surface area (Å²) in [7, 11) is 0. The molecule has 1 N–H and O–H groups in total. The van der Waals surface area contributed by atoms with Crippen molar-refractivity contribution in [2.45, 2.75) is 39.7 Å². The van der Waals surface area contributed by atoms with Crippen LogP contribution in [0.25, 0.3) is 5.76 Å². The van der Waals surface area contributed by atoms with Crippen molar-refractivity contribution >= 4 is 17.4 Å². The van der Waals surface area contributed by atoms with Crippen molar-refractivity contribution in [2.75, 3.05) is 32.8 Å². The van der Waals surface area contributed by atoms with Gasteiger partial charge in [0.2, 0.25) is 0 Å². The molecular formula is C27H34N2O4. The molecule has 0 radical (unpaired) electrons. The molecule has 0 aromatic heterocycles. The SMILES string of the molecule is CCCOc1cccc(C2/C(=C(\O)c3ccccc3)C(=O)C(=O)N2CCCN(CC)CC)c1. The third-order valence-corrected chi connectivity index (χ3v) is 6.00. The summed E-state index contributed by atoms with van der Waals surface area (Å²) in [6.45, 7) is 9.96. The number of carbonyl (C=O) groups is 2. The number of amides is 1. The van der Waals surface area contributed by atoms with Crippen molar-refractivity contribution in [3.63, 3.8) is 0 Å². The van der Waals surface area contributed by atoms with Crippen LogP contribution in [0.5, 0.6) is 5.75 Å². The summed E-state index contributed by atoms with van der Waals surface area (Å²) in [6.07, 6.45) is 1.62. The van der Waals surface area contributed by atoms with E-state index in [-0.39, 0.29) is 11.3 Å². The molecule has 1 aliphatic rings. The largest absolute Gasteiger partial charge is 0.507 e. The molecule has 0 aliphatic carbocycles. The Balaban J connectivity index is 2.01. The second-order valence-electron chi connectivity index (χ2n) is 8.16. The Labute approximate surface area is 196 Å². The number of likely N-dealkylation sites (tertiary alicyclic amines) is 1. The van der Waals surface area contributed by atoms with Gasteiger partial charge >= 0.3 is 0 Å². The number of rotatable bonds is 11. The van der Waals surface area contributed by atoms with Gasteiger partial charge in [-0.2, -0.15) is 0 Å². The van der Waals surface area contributed by atoms with Crippen LogP contribution in [0.3, 0.4) is 0 Å². The van der Waals surface area contributed by atoms with Crippen LogP contribution in [-0.2, 0) is 9.59 Å². The van der Waals surface area contributed by atoms with Crippen LogP contribution in [0.1, 0.15) is 50.8 Å². The quantitative estimate of drug-likeness (QED) is 0.307. The molecule has 1 atom stereocenters. The number of benzene rings is 2. The van der Waals surface area contributed by atoms with Gasteiger partial charge in [0.15, 0.2) is 0 Å².